The molecule has 0 radical (unpaired) electrons. The van der Waals surface area contributed by atoms with Crippen molar-refractivity contribution in [2.45, 2.75) is 37.8 Å². The fourth-order valence-electron chi connectivity index (χ4n) is 2.83. The number of ether oxygens (including phenoxy) is 2. The standard InChI is InChI=1S/C13H23N3O2/c1-13(7-5-6-8-18-13)12(14-2)11-10(17-4)9-15-16(11)3/h9,12,14H,5-8H2,1-4H3. The topological polar surface area (TPSA) is 48.3 Å². The number of likely N-dealkylation sites (N-methyl/N-ethyl adjacent to an activating group) is 1. The molecule has 2 rings (SSSR count). The minimum absolute atomic E-state index is 0.0836. The largest absolute Gasteiger partial charge is 0.493 e. The first-order valence-electron chi connectivity index (χ1n) is 6.49. The molecule has 2 atom stereocenters. The first kappa shape index (κ1) is 13.4. The lowest BCUT2D eigenvalue weighted by Gasteiger charge is -2.40. The minimum Gasteiger partial charge on any atom is -0.493 e. The Hall–Kier alpha value is -1.07. The summed E-state index contributed by atoms with van der Waals surface area (Å²) in [6, 6.07) is 0.0836. The fourth-order valence-corrected chi connectivity index (χ4v) is 2.83. The molecule has 1 fully saturated rings. The summed E-state index contributed by atoms with van der Waals surface area (Å²) >= 11 is 0. The minimum atomic E-state index is -0.200. The average molecular weight is 253 g/mol. The average Bonchev–Trinajstić information content (AvgIpc) is 2.73. The Bertz CT molecular complexity index is 397. The summed E-state index contributed by atoms with van der Waals surface area (Å²) in [6.07, 6.45) is 5.15. The van der Waals surface area contributed by atoms with Gasteiger partial charge in [-0.1, -0.05) is 0 Å². The molecule has 1 aliphatic heterocycles. The van der Waals surface area contributed by atoms with Gasteiger partial charge in [-0.05, 0) is 33.2 Å². The molecule has 1 aromatic rings. The summed E-state index contributed by atoms with van der Waals surface area (Å²) in [5.41, 5.74) is 0.845. The van der Waals surface area contributed by atoms with E-state index in [4.69, 9.17) is 9.47 Å². The fraction of sp³-hybridized carbons (Fsp3) is 0.769. The number of hydrogen-bond donors (Lipinski definition) is 1. The molecule has 2 heterocycles. The molecular weight excluding hydrogens is 230 g/mol. The van der Waals surface area contributed by atoms with Crippen LogP contribution in [0.25, 0.3) is 0 Å². The number of rotatable bonds is 4. The number of methoxy groups -OCH3 is 1. The predicted molar refractivity (Wildman–Crippen MR) is 69.8 cm³/mol. The van der Waals surface area contributed by atoms with Crippen LogP contribution in [0.2, 0.25) is 0 Å². The van der Waals surface area contributed by atoms with E-state index in [0.717, 1.165) is 30.9 Å². The van der Waals surface area contributed by atoms with Crippen LogP contribution in [0.3, 0.4) is 0 Å². The lowest BCUT2D eigenvalue weighted by molar-refractivity contribution is -0.0902. The molecule has 0 spiro atoms. The normalized spacial score (nSPS) is 26.0. The van der Waals surface area contributed by atoms with Crippen LogP contribution < -0.4 is 10.1 Å². The maximum Gasteiger partial charge on any atom is 0.161 e. The van der Waals surface area contributed by atoms with Crippen molar-refractivity contribution in [1.82, 2.24) is 15.1 Å². The van der Waals surface area contributed by atoms with Crippen LogP contribution in [0.1, 0.15) is 37.9 Å². The lowest BCUT2D eigenvalue weighted by atomic mass is 9.86. The maximum absolute atomic E-state index is 6.04. The third kappa shape index (κ3) is 2.24. The molecule has 5 heteroatoms. The summed E-state index contributed by atoms with van der Waals surface area (Å²) in [5.74, 6) is 0.812. The van der Waals surface area contributed by atoms with Gasteiger partial charge in [0.25, 0.3) is 0 Å². The van der Waals surface area contributed by atoms with Crippen molar-refractivity contribution in [3.8, 4) is 5.75 Å². The summed E-state index contributed by atoms with van der Waals surface area (Å²) in [6.45, 7) is 2.99. The molecule has 5 nitrogen and oxygen atoms in total. The molecular formula is C13H23N3O2. The zero-order valence-corrected chi connectivity index (χ0v) is 11.7. The first-order valence-corrected chi connectivity index (χ1v) is 6.49. The Morgan fingerprint density at radius 2 is 2.33 bits per heavy atom. The van der Waals surface area contributed by atoms with Crippen LogP contribution in [0.5, 0.6) is 5.75 Å². The summed E-state index contributed by atoms with van der Waals surface area (Å²) < 4.78 is 13.3. The highest BCUT2D eigenvalue weighted by Crippen LogP contribution is 2.39. The summed E-state index contributed by atoms with van der Waals surface area (Å²) in [7, 11) is 5.58. The Morgan fingerprint density at radius 3 is 2.89 bits per heavy atom. The predicted octanol–water partition coefficient (Wildman–Crippen LogP) is 1.65. The van der Waals surface area contributed by atoms with Gasteiger partial charge in [0, 0.05) is 13.7 Å². The number of aryl methyl sites for hydroxylation is 1. The van der Waals surface area contributed by atoms with Crippen LogP contribution >= 0.6 is 0 Å². The third-order valence-electron chi connectivity index (χ3n) is 3.84. The Balaban J connectivity index is 2.34. The van der Waals surface area contributed by atoms with Gasteiger partial charge in [-0.2, -0.15) is 5.10 Å². The van der Waals surface area contributed by atoms with E-state index in [1.807, 2.05) is 18.8 Å². The van der Waals surface area contributed by atoms with Crippen molar-refractivity contribution < 1.29 is 9.47 Å². The van der Waals surface area contributed by atoms with Crippen LogP contribution in [-0.2, 0) is 11.8 Å². The van der Waals surface area contributed by atoms with Crippen LogP contribution in [0.15, 0.2) is 6.20 Å². The SMILES string of the molecule is CNC(c1c(OC)cnn1C)C1(C)CCCCO1. The van der Waals surface area contributed by atoms with Gasteiger partial charge >= 0.3 is 0 Å². The van der Waals surface area contributed by atoms with E-state index in [1.54, 1.807) is 13.3 Å². The number of nitrogens with zero attached hydrogens (tertiary/aromatic N) is 2. The van der Waals surface area contributed by atoms with Gasteiger partial charge in [0.15, 0.2) is 5.75 Å². The number of nitrogens with one attached hydrogen (secondary N) is 1. The smallest absolute Gasteiger partial charge is 0.161 e. The van der Waals surface area contributed by atoms with Crippen molar-refractivity contribution >= 4 is 0 Å². The maximum atomic E-state index is 6.04. The Kier molecular flexibility index (Phi) is 3.92. The molecule has 1 aromatic heterocycles. The van der Waals surface area contributed by atoms with Crippen molar-refractivity contribution in [3.05, 3.63) is 11.9 Å². The molecule has 0 aliphatic carbocycles. The molecule has 102 valence electrons. The van der Waals surface area contributed by atoms with E-state index in [2.05, 4.69) is 17.3 Å². The van der Waals surface area contributed by atoms with Gasteiger partial charge in [0.05, 0.1) is 30.6 Å². The highest BCUT2D eigenvalue weighted by Gasteiger charge is 2.40. The quantitative estimate of drug-likeness (QED) is 0.886. The van der Waals surface area contributed by atoms with Gasteiger partial charge in [-0.15, -0.1) is 0 Å². The van der Waals surface area contributed by atoms with E-state index in [9.17, 15) is 0 Å². The molecule has 1 N–H and O–H groups in total. The van der Waals surface area contributed by atoms with E-state index in [1.165, 1.54) is 6.42 Å². The van der Waals surface area contributed by atoms with E-state index >= 15 is 0 Å². The van der Waals surface area contributed by atoms with Gasteiger partial charge < -0.3 is 14.8 Å². The second kappa shape index (κ2) is 5.28. The van der Waals surface area contributed by atoms with Crippen molar-refractivity contribution in [1.29, 1.82) is 0 Å². The zero-order valence-electron chi connectivity index (χ0n) is 11.7. The molecule has 1 saturated heterocycles. The van der Waals surface area contributed by atoms with Gasteiger partial charge in [-0.25, -0.2) is 0 Å². The number of aromatic nitrogens is 2. The molecule has 0 saturated carbocycles. The Morgan fingerprint density at radius 1 is 1.56 bits per heavy atom. The second-order valence-electron chi connectivity index (χ2n) is 5.06. The molecule has 18 heavy (non-hydrogen) atoms. The van der Waals surface area contributed by atoms with Crippen molar-refractivity contribution in [3.63, 3.8) is 0 Å². The molecule has 2 unspecified atom stereocenters. The highest BCUT2D eigenvalue weighted by atomic mass is 16.5. The number of hydrogen-bond acceptors (Lipinski definition) is 4. The van der Waals surface area contributed by atoms with Gasteiger partial charge in [0.2, 0.25) is 0 Å². The molecule has 1 aliphatic rings. The van der Waals surface area contributed by atoms with Crippen molar-refractivity contribution in [2.75, 3.05) is 20.8 Å². The van der Waals surface area contributed by atoms with Gasteiger partial charge in [0.1, 0.15) is 0 Å². The van der Waals surface area contributed by atoms with Crippen LogP contribution in [-0.4, -0.2) is 36.1 Å². The highest BCUT2D eigenvalue weighted by molar-refractivity contribution is 5.30. The summed E-state index contributed by atoms with van der Waals surface area (Å²) in [4.78, 5) is 0. The summed E-state index contributed by atoms with van der Waals surface area (Å²) in [5, 5.41) is 7.64. The Labute approximate surface area is 108 Å². The zero-order chi connectivity index (χ0) is 13.2. The molecule has 0 amide bonds. The van der Waals surface area contributed by atoms with Gasteiger partial charge in [-0.3, -0.25) is 4.68 Å². The second-order valence-corrected chi connectivity index (χ2v) is 5.06. The van der Waals surface area contributed by atoms with E-state index in [0.29, 0.717) is 0 Å². The lowest BCUT2D eigenvalue weighted by Crippen LogP contribution is -2.45. The first-order chi connectivity index (χ1) is 8.62. The van der Waals surface area contributed by atoms with E-state index in [-0.39, 0.29) is 11.6 Å². The molecule has 0 aromatic carbocycles. The van der Waals surface area contributed by atoms with Crippen LogP contribution in [0.4, 0.5) is 0 Å². The van der Waals surface area contributed by atoms with E-state index < -0.39 is 0 Å². The van der Waals surface area contributed by atoms with Crippen LogP contribution in [0, 0.1) is 0 Å². The molecule has 0 bridgehead atoms. The third-order valence-corrected chi connectivity index (χ3v) is 3.84. The monoisotopic (exact) mass is 253 g/mol. The van der Waals surface area contributed by atoms with Crippen molar-refractivity contribution in [2.24, 2.45) is 7.05 Å².